The quantitative estimate of drug-likeness (QED) is 0.369. The van der Waals surface area contributed by atoms with E-state index in [1.807, 2.05) is 20.8 Å². The summed E-state index contributed by atoms with van der Waals surface area (Å²) in [7, 11) is 0. The molecule has 1 N–H and O–H groups in total. The monoisotopic (exact) mass is 444 g/mol. The Morgan fingerprint density at radius 1 is 1.09 bits per heavy atom. The zero-order chi connectivity index (χ0) is 23.5. The van der Waals surface area contributed by atoms with E-state index >= 15 is 0 Å². The lowest BCUT2D eigenvalue weighted by Gasteiger charge is -2.27. The molecule has 2 heterocycles. The molecule has 1 saturated heterocycles. The normalized spacial score (nSPS) is 18.6. The first-order valence-electron chi connectivity index (χ1n) is 10.7. The van der Waals surface area contributed by atoms with Crippen LogP contribution in [0.5, 0.6) is 0 Å². The molecule has 0 aliphatic carbocycles. The Morgan fingerprint density at radius 2 is 1.81 bits per heavy atom. The summed E-state index contributed by atoms with van der Waals surface area (Å²) >= 11 is 0. The highest BCUT2D eigenvalue weighted by Gasteiger charge is 2.44. The summed E-state index contributed by atoms with van der Waals surface area (Å²) in [6.07, 6.45) is 1.70. The third kappa shape index (κ3) is 5.59. The Bertz CT molecular complexity index is 948. The number of hydrogen-bond donors (Lipinski definition) is 1. The largest absolute Gasteiger partial charge is 0.460 e. The van der Waals surface area contributed by atoms with Gasteiger partial charge in [0, 0.05) is 13.0 Å². The number of nitrogens with zero attached hydrogens (tertiary/aromatic N) is 1. The first-order chi connectivity index (χ1) is 15.1. The van der Waals surface area contributed by atoms with E-state index in [-0.39, 0.29) is 43.0 Å². The van der Waals surface area contributed by atoms with Crippen molar-refractivity contribution in [3.63, 3.8) is 0 Å². The van der Waals surface area contributed by atoms with Crippen molar-refractivity contribution in [1.82, 2.24) is 10.2 Å². The van der Waals surface area contributed by atoms with Crippen molar-refractivity contribution >= 4 is 29.6 Å². The van der Waals surface area contributed by atoms with Crippen molar-refractivity contribution in [2.75, 3.05) is 13.2 Å². The molecule has 3 rings (SSSR count). The van der Waals surface area contributed by atoms with Gasteiger partial charge in [0.15, 0.2) is 0 Å². The molecule has 9 heteroatoms. The van der Waals surface area contributed by atoms with Gasteiger partial charge in [0.2, 0.25) is 11.8 Å². The molecule has 0 aromatic heterocycles. The van der Waals surface area contributed by atoms with Gasteiger partial charge in [-0.2, -0.15) is 0 Å². The minimum Gasteiger partial charge on any atom is -0.460 e. The summed E-state index contributed by atoms with van der Waals surface area (Å²) in [4.78, 5) is 61.6. The van der Waals surface area contributed by atoms with Gasteiger partial charge in [-0.25, -0.2) is 0 Å². The van der Waals surface area contributed by atoms with E-state index in [1.54, 1.807) is 18.2 Å². The maximum Gasteiger partial charge on any atom is 0.308 e. The molecule has 1 aromatic rings. The molecule has 172 valence electrons. The number of ether oxygens (including phenoxy) is 2. The lowest BCUT2D eigenvalue weighted by molar-refractivity contribution is -0.156. The molecular formula is C23H28N2O7. The third-order valence-corrected chi connectivity index (χ3v) is 5.13. The Balaban J connectivity index is 1.50. The fraction of sp³-hybridized carbons (Fsp3) is 0.522. The molecule has 1 fully saturated rings. The van der Waals surface area contributed by atoms with E-state index < -0.39 is 35.3 Å². The van der Waals surface area contributed by atoms with Crippen LogP contribution in [0.15, 0.2) is 18.2 Å². The molecule has 2 aliphatic heterocycles. The van der Waals surface area contributed by atoms with Gasteiger partial charge in [0.25, 0.3) is 11.8 Å². The van der Waals surface area contributed by atoms with E-state index in [9.17, 15) is 24.0 Å². The minimum atomic E-state index is -0.970. The molecule has 1 unspecified atom stereocenters. The second-order valence-electron chi connectivity index (χ2n) is 8.88. The van der Waals surface area contributed by atoms with Crippen LogP contribution in [-0.4, -0.2) is 59.4 Å². The highest BCUT2D eigenvalue weighted by molar-refractivity contribution is 6.23. The van der Waals surface area contributed by atoms with Gasteiger partial charge in [0.1, 0.15) is 11.6 Å². The molecule has 2 aliphatic rings. The van der Waals surface area contributed by atoms with Crippen molar-refractivity contribution in [1.29, 1.82) is 0 Å². The molecule has 1 atom stereocenters. The first-order valence-corrected chi connectivity index (χ1v) is 10.7. The maximum atomic E-state index is 12.8. The number of esters is 1. The maximum absolute atomic E-state index is 12.8. The predicted molar refractivity (Wildman–Crippen MR) is 113 cm³/mol. The Labute approximate surface area is 186 Å². The molecule has 0 spiro atoms. The summed E-state index contributed by atoms with van der Waals surface area (Å²) in [5, 5.41) is 2.18. The van der Waals surface area contributed by atoms with E-state index in [1.165, 1.54) is 0 Å². The van der Waals surface area contributed by atoms with Crippen LogP contribution in [0.2, 0.25) is 0 Å². The number of nitrogens with one attached hydrogen (secondary N) is 1. The molecule has 4 amide bonds. The molecule has 0 radical (unpaired) electrons. The number of benzene rings is 1. The average molecular weight is 444 g/mol. The van der Waals surface area contributed by atoms with Gasteiger partial charge < -0.3 is 9.47 Å². The fourth-order valence-electron chi connectivity index (χ4n) is 3.70. The smallest absolute Gasteiger partial charge is 0.308 e. The summed E-state index contributed by atoms with van der Waals surface area (Å²) < 4.78 is 10.7. The van der Waals surface area contributed by atoms with Crippen molar-refractivity contribution < 1.29 is 33.4 Å². The van der Waals surface area contributed by atoms with Crippen LogP contribution in [0.25, 0.3) is 0 Å². The molecule has 0 bridgehead atoms. The van der Waals surface area contributed by atoms with Crippen molar-refractivity contribution in [2.24, 2.45) is 0 Å². The lowest BCUT2D eigenvalue weighted by Crippen LogP contribution is -2.54. The molecule has 1 aromatic carbocycles. The molecule has 32 heavy (non-hydrogen) atoms. The highest BCUT2D eigenvalue weighted by atomic mass is 16.6. The summed E-state index contributed by atoms with van der Waals surface area (Å²) in [6, 6.07) is 4.07. The Morgan fingerprint density at radius 3 is 2.50 bits per heavy atom. The first kappa shape index (κ1) is 23.6. The number of amides is 4. The Kier molecular flexibility index (Phi) is 7.08. The van der Waals surface area contributed by atoms with Crippen molar-refractivity contribution in [2.45, 2.75) is 64.5 Å². The molecule has 0 saturated carbocycles. The van der Waals surface area contributed by atoms with Crippen LogP contribution in [0.3, 0.4) is 0 Å². The van der Waals surface area contributed by atoms with Crippen LogP contribution < -0.4 is 5.32 Å². The summed E-state index contributed by atoms with van der Waals surface area (Å²) in [5.41, 5.74) is 0.878. The number of fused-ring (bicyclic) bond motifs is 1. The van der Waals surface area contributed by atoms with E-state index in [0.29, 0.717) is 19.4 Å². The number of carbonyl (C=O) groups is 5. The third-order valence-electron chi connectivity index (χ3n) is 5.13. The topological polar surface area (TPSA) is 119 Å². The summed E-state index contributed by atoms with van der Waals surface area (Å²) in [5.74, 6) is -2.37. The van der Waals surface area contributed by atoms with Crippen LogP contribution >= 0.6 is 0 Å². The Hall–Kier alpha value is -3.07. The second-order valence-corrected chi connectivity index (χ2v) is 8.88. The second kappa shape index (κ2) is 9.60. The van der Waals surface area contributed by atoms with E-state index in [2.05, 4.69) is 5.32 Å². The number of aryl methyl sites for hydroxylation is 1. The summed E-state index contributed by atoms with van der Waals surface area (Å²) in [6.45, 7) is 6.14. The number of carbonyl (C=O) groups excluding carboxylic acids is 5. The SMILES string of the molecule is CC(C)(C)OC(=O)CCOCCCc1ccc2c(c1)C(=O)N(C1CCC(=O)NC1=O)C2=O. The predicted octanol–water partition coefficient (Wildman–Crippen LogP) is 1.77. The lowest BCUT2D eigenvalue weighted by atomic mass is 10.0. The van der Waals surface area contributed by atoms with E-state index in [4.69, 9.17) is 9.47 Å². The molecule has 9 nitrogen and oxygen atoms in total. The standard InChI is InChI=1S/C23H28N2O7/c1-23(2,3)32-19(27)10-12-31-11-4-5-14-6-7-15-16(13-14)22(30)25(21(15)29)17-8-9-18(26)24-20(17)28/h6-7,13,17H,4-5,8-12H2,1-3H3,(H,24,26,28). The van der Waals surface area contributed by atoms with Gasteiger partial charge in [-0.1, -0.05) is 6.07 Å². The number of rotatable bonds is 8. The van der Waals surface area contributed by atoms with Gasteiger partial charge in [0.05, 0.1) is 24.2 Å². The highest BCUT2D eigenvalue weighted by Crippen LogP contribution is 2.28. The number of hydrogen-bond acceptors (Lipinski definition) is 7. The van der Waals surface area contributed by atoms with Crippen molar-refractivity contribution in [3.05, 3.63) is 34.9 Å². The van der Waals surface area contributed by atoms with Crippen LogP contribution in [0.1, 0.15) is 72.7 Å². The van der Waals surface area contributed by atoms with Gasteiger partial charge in [-0.15, -0.1) is 0 Å². The van der Waals surface area contributed by atoms with E-state index in [0.717, 1.165) is 10.5 Å². The van der Waals surface area contributed by atoms with Gasteiger partial charge in [-0.05, 0) is 57.7 Å². The zero-order valence-electron chi connectivity index (χ0n) is 18.6. The van der Waals surface area contributed by atoms with Gasteiger partial charge >= 0.3 is 5.97 Å². The van der Waals surface area contributed by atoms with Crippen LogP contribution in [0.4, 0.5) is 0 Å². The number of piperidine rings is 1. The van der Waals surface area contributed by atoms with Crippen molar-refractivity contribution in [3.8, 4) is 0 Å². The molecular weight excluding hydrogens is 416 g/mol. The van der Waals surface area contributed by atoms with Gasteiger partial charge in [-0.3, -0.25) is 34.2 Å². The minimum absolute atomic E-state index is 0.0863. The fourth-order valence-corrected chi connectivity index (χ4v) is 3.70. The zero-order valence-corrected chi connectivity index (χ0v) is 18.6. The van der Waals surface area contributed by atoms with Crippen LogP contribution in [-0.2, 0) is 30.3 Å². The van der Waals surface area contributed by atoms with Crippen LogP contribution in [0, 0.1) is 0 Å². The number of imide groups is 2. The average Bonchev–Trinajstić information content (AvgIpc) is 2.94.